The lowest BCUT2D eigenvalue weighted by atomic mass is 10.2. The van der Waals surface area contributed by atoms with Crippen molar-refractivity contribution < 1.29 is 13.2 Å². The van der Waals surface area contributed by atoms with E-state index in [0.717, 1.165) is 12.2 Å². The lowest BCUT2D eigenvalue weighted by Crippen LogP contribution is -2.47. The molecule has 1 fully saturated rings. The number of anilines is 1. The molecule has 1 unspecified atom stereocenters. The summed E-state index contributed by atoms with van der Waals surface area (Å²) in [5.41, 5.74) is 1.61. The highest BCUT2D eigenvalue weighted by Crippen LogP contribution is 2.17. The number of carbonyl (C=O) groups excluding carboxylic acids is 1. The van der Waals surface area contributed by atoms with E-state index in [-0.39, 0.29) is 29.9 Å². The summed E-state index contributed by atoms with van der Waals surface area (Å²) in [6.07, 6.45) is 1.82. The van der Waals surface area contributed by atoms with Crippen molar-refractivity contribution in [3.63, 3.8) is 0 Å². The molecule has 1 saturated heterocycles. The quantitative estimate of drug-likeness (QED) is 0.860. The molecule has 23 heavy (non-hydrogen) atoms. The van der Waals surface area contributed by atoms with Crippen LogP contribution in [0, 0.1) is 12.8 Å². The van der Waals surface area contributed by atoms with E-state index in [1.54, 1.807) is 6.20 Å². The van der Waals surface area contributed by atoms with Crippen LogP contribution in [0.2, 0.25) is 0 Å². The number of nitrogens with one attached hydrogen (secondary N) is 1. The first-order chi connectivity index (χ1) is 10.7. The number of hydrogen-bond acceptors (Lipinski definition) is 5. The fourth-order valence-electron chi connectivity index (χ4n) is 2.70. The minimum atomic E-state index is -3.04. The Kier molecular flexibility index (Phi) is 5.46. The van der Waals surface area contributed by atoms with Crippen LogP contribution in [0.5, 0.6) is 0 Å². The minimum Gasteiger partial charge on any atom is -0.323 e. The van der Waals surface area contributed by atoms with Gasteiger partial charge in [-0.25, -0.2) is 8.42 Å². The molecule has 8 heteroatoms. The molecule has 0 aliphatic carbocycles. The van der Waals surface area contributed by atoms with Gasteiger partial charge in [0.1, 0.15) is 0 Å². The molecule has 2 rings (SSSR count). The van der Waals surface area contributed by atoms with Crippen LogP contribution in [-0.4, -0.2) is 60.1 Å². The maximum Gasteiger partial charge on any atom is 0.226 e. The second-order valence-corrected chi connectivity index (χ2v) is 8.95. The van der Waals surface area contributed by atoms with E-state index in [1.807, 2.05) is 23.6 Å². The highest BCUT2D eigenvalue weighted by atomic mass is 32.2. The monoisotopic (exact) mass is 342 g/mol. The molecule has 1 amide bonds. The molecule has 1 aliphatic rings. The van der Waals surface area contributed by atoms with Gasteiger partial charge < -0.3 is 10.2 Å². The number of amides is 1. The lowest BCUT2D eigenvalue weighted by molar-refractivity contribution is -0.117. The number of carbonyl (C=O) groups is 1. The van der Waals surface area contributed by atoms with Crippen molar-refractivity contribution in [3.05, 3.63) is 11.9 Å². The van der Waals surface area contributed by atoms with E-state index < -0.39 is 9.84 Å². The van der Waals surface area contributed by atoms with Crippen molar-refractivity contribution in [1.29, 1.82) is 0 Å². The molecule has 1 N–H and O–H groups in total. The van der Waals surface area contributed by atoms with Crippen LogP contribution in [0.15, 0.2) is 6.20 Å². The maximum atomic E-state index is 12.3. The molecule has 2 heterocycles. The van der Waals surface area contributed by atoms with E-state index in [0.29, 0.717) is 18.2 Å². The highest BCUT2D eigenvalue weighted by Gasteiger charge is 2.30. The Labute approximate surface area is 138 Å². The predicted molar refractivity (Wildman–Crippen MR) is 90.1 cm³/mol. The van der Waals surface area contributed by atoms with Gasteiger partial charge in [0.25, 0.3) is 0 Å². The van der Waals surface area contributed by atoms with Gasteiger partial charge in [-0.3, -0.25) is 9.48 Å². The van der Waals surface area contributed by atoms with Crippen molar-refractivity contribution in [3.8, 4) is 0 Å². The third kappa shape index (κ3) is 4.78. The number of nitrogens with zero attached hydrogens (tertiary/aromatic N) is 3. The molecule has 7 nitrogen and oxygen atoms in total. The topological polar surface area (TPSA) is 84.3 Å². The zero-order valence-corrected chi connectivity index (χ0v) is 15.1. The Morgan fingerprint density at radius 2 is 2.17 bits per heavy atom. The Bertz CT molecular complexity index is 666. The standard InChI is InChI=1S/C15H26N4O3S/c1-11(2)9-19-12(3)14(8-16-19)17-15(20)7-13-10-23(21,22)6-5-18(13)4/h8,11,13H,5-7,9-10H2,1-4H3,(H,17,20). The third-order valence-corrected chi connectivity index (χ3v) is 5.86. The number of hydrogen-bond donors (Lipinski definition) is 1. The first-order valence-corrected chi connectivity index (χ1v) is 9.73. The van der Waals surface area contributed by atoms with E-state index in [9.17, 15) is 13.2 Å². The molecule has 1 aromatic rings. The average molecular weight is 342 g/mol. The van der Waals surface area contributed by atoms with Crippen molar-refractivity contribution in [2.45, 2.75) is 39.8 Å². The van der Waals surface area contributed by atoms with Crippen LogP contribution >= 0.6 is 0 Å². The molecule has 0 radical (unpaired) electrons. The van der Waals surface area contributed by atoms with Gasteiger partial charge in [0.2, 0.25) is 5.91 Å². The SMILES string of the molecule is Cc1c(NC(=O)CC2CS(=O)(=O)CCN2C)cnn1CC(C)C. The summed E-state index contributed by atoms with van der Waals surface area (Å²) in [5, 5.41) is 7.14. The van der Waals surface area contributed by atoms with E-state index in [2.05, 4.69) is 24.3 Å². The minimum absolute atomic E-state index is 0.0442. The first-order valence-electron chi connectivity index (χ1n) is 7.91. The van der Waals surface area contributed by atoms with Gasteiger partial charge in [0.15, 0.2) is 9.84 Å². The van der Waals surface area contributed by atoms with Crippen molar-refractivity contribution >= 4 is 21.4 Å². The predicted octanol–water partition coefficient (Wildman–Crippen LogP) is 0.905. The molecule has 1 atom stereocenters. The molecule has 1 aliphatic heterocycles. The summed E-state index contributed by atoms with van der Waals surface area (Å²) < 4.78 is 25.3. The van der Waals surface area contributed by atoms with Crippen LogP contribution in [0.4, 0.5) is 5.69 Å². The highest BCUT2D eigenvalue weighted by molar-refractivity contribution is 7.91. The summed E-state index contributed by atoms with van der Waals surface area (Å²) in [6.45, 7) is 7.41. The van der Waals surface area contributed by atoms with E-state index >= 15 is 0 Å². The Morgan fingerprint density at radius 3 is 2.83 bits per heavy atom. The lowest BCUT2D eigenvalue weighted by Gasteiger charge is -2.31. The fraction of sp³-hybridized carbons (Fsp3) is 0.733. The molecule has 0 bridgehead atoms. The van der Waals surface area contributed by atoms with Gasteiger partial charge in [0, 0.05) is 25.6 Å². The van der Waals surface area contributed by atoms with Gasteiger partial charge in [-0.1, -0.05) is 13.8 Å². The molecule has 130 valence electrons. The van der Waals surface area contributed by atoms with Crippen molar-refractivity contribution in [2.24, 2.45) is 5.92 Å². The van der Waals surface area contributed by atoms with Crippen LogP contribution in [0.25, 0.3) is 0 Å². The van der Waals surface area contributed by atoms with Crippen molar-refractivity contribution in [1.82, 2.24) is 14.7 Å². The largest absolute Gasteiger partial charge is 0.323 e. The molecule has 0 aromatic carbocycles. The smallest absolute Gasteiger partial charge is 0.226 e. The Balaban J connectivity index is 1.98. The average Bonchev–Trinajstić information content (AvgIpc) is 2.75. The van der Waals surface area contributed by atoms with Gasteiger partial charge in [-0.05, 0) is 19.9 Å². The summed E-state index contributed by atoms with van der Waals surface area (Å²) in [4.78, 5) is 14.2. The molecule has 0 spiro atoms. The first kappa shape index (κ1) is 17.9. The van der Waals surface area contributed by atoms with Crippen LogP contribution in [-0.2, 0) is 21.2 Å². The zero-order valence-electron chi connectivity index (χ0n) is 14.2. The van der Waals surface area contributed by atoms with Crippen molar-refractivity contribution in [2.75, 3.05) is 30.4 Å². The molecular weight excluding hydrogens is 316 g/mol. The van der Waals surface area contributed by atoms with Crippen LogP contribution in [0.1, 0.15) is 26.0 Å². The van der Waals surface area contributed by atoms with E-state index in [1.165, 1.54) is 0 Å². The van der Waals surface area contributed by atoms with Crippen LogP contribution in [0.3, 0.4) is 0 Å². The number of rotatable bonds is 5. The van der Waals surface area contributed by atoms with Gasteiger partial charge in [0.05, 0.1) is 29.1 Å². The fourth-order valence-corrected chi connectivity index (χ4v) is 4.39. The molecular formula is C15H26N4O3S. The zero-order chi connectivity index (χ0) is 17.2. The third-order valence-electron chi connectivity index (χ3n) is 4.16. The summed E-state index contributed by atoms with van der Waals surface area (Å²) in [5.74, 6) is 0.509. The second kappa shape index (κ2) is 7.00. The van der Waals surface area contributed by atoms with Gasteiger partial charge in [-0.2, -0.15) is 5.10 Å². The molecule has 0 saturated carbocycles. The number of aromatic nitrogens is 2. The summed E-state index contributed by atoms with van der Waals surface area (Å²) in [6, 6.07) is -0.264. The Morgan fingerprint density at radius 1 is 1.48 bits per heavy atom. The van der Waals surface area contributed by atoms with Crippen LogP contribution < -0.4 is 5.32 Å². The van der Waals surface area contributed by atoms with Gasteiger partial charge >= 0.3 is 0 Å². The Hall–Kier alpha value is -1.41. The summed E-state index contributed by atoms with van der Waals surface area (Å²) in [7, 11) is -1.18. The van der Waals surface area contributed by atoms with E-state index in [4.69, 9.17) is 0 Å². The number of sulfone groups is 1. The maximum absolute atomic E-state index is 12.3. The normalized spacial score (nSPS) is 21.5. The van der Waals surface area contributed by atoms with Gasteiger partial charge in [-0.15, -0.1) is 0 Å². The summed E-state index contributed by atoms with van der Waals surface area (Å²) >= 11 is 0. The second-order valence-electron chi connectivity index (χ2n) is 6.72. The molecule has 1 aromatic heterocycles.